The Morgan fingerprint density at radius 3 is 2.54 bits per heavy atom. The van der Waals surface area contributed by atoms with Crippen LogP contribution in [0.4, 0.5) is 5.69 Å². The number of aliphatic imine (C=N–C) groups is 1. The van der Waals surface area contributed by atoms with Crippen molar-refractivity contribution in [2.24, 2.45) is 4.99 Å². The van der Waals surface area contributed by atoms with E-state index in [0.29, 0.717) is 10.7 Å². The number of rotatable bonds is 5. The van der Waals surface area contributed by atoms with Gasteiger partial charge >= 0.3 is 5.97 Å². The van der Waals surface area contributed by atoms with E-state index >= 15 is 0 Å². The molecule has 0 saturated carbocycles. The van der Waals surface area contributed by atoms with Crippen molar-refractivity contribution in [1.82, 2.24) is 4.57 Å². The summed E-state index contributed by atoms with van der Waals surface area (Å²) in [5, 5.41) is 9.51. The molecule has 132 valence electrons. The van der Waals surface area contributed by atoms with E-state index in [-0.39, 0.29) is 5.56 Å². The SMILES string of the molecule is COc1ccc(-n2c(C)ccc2C=Nc2cc(C(=O)O)ccc2Cl)cc1. The molecule has 0 aliphatic carbocycles. The van der Waals surface area contributed by atoms with Crippen LogP contribution in [0, 0.1) is 6.92 Å². The molecule has 1 N–H and O–H groups in total. The zero-order valence-corrected chi connectivity index (χ0v) is 15.1. The summed E-state index contributed by atoms with van der Waals surface area (Å²) in [5.74, 6) is -0.235. The van der Waals surface area contributed by atoms with Crippen LogP contribution < -0.4 is 4.74 Å². The van der Waals surface area contributed by atoms with Gasteiger partial charge in [0.05, 0.1) is 35.3 Å². The highest BCUT2D eigenvalue weighted by atomic mass is 35.5. The van der Waals surface area contributed by atoms with E-state index in [4.69, 9.17) is 21.4 Å². The second-order valence-corrected chi connectivity index (χ2v) is 6.07. The van der Waals surface area contributed by atoms with Crippen LogP contribution in [-0.2, 0) is 0 Å². The third kappa shape index (κ3) is 3.63. The lowest BCUT2D eigenvalue weighted by Crippen LogP contribution is -2.01. The van der Waals surface area contributed by atoms with Crippen LogP contribution >= 0.6 is 11.6 Å². The number of carboxylic acid groups (broad SMARTS) is 1. The summed E-state index contributed by atoms with van der Waals surface area (Å²) in [6.45, 7) is 2.00. The average molecular weight is 369 g/mol. The van der Waals surface area contributed by atoms with Crippen molar-refractivity contribution in [1.29, 1.82) is 0 Å². The van der Waals surface area contributed by atoms with Crippen LogP contribution in [-0.4, -0.2) is 29.0 Å². The number of ether oxygens (including phenoxy) is 1. The summed E-state index contributed by atoms with van der Waals surface area (Å²) in [5.41, 5.74) is 3.42. The molecule has 0 spiro atoms. The lowest BCUT2D eigenvalue weighted by molar-refractivity contribution is 0.0697. The van der Waals surface area contributed by atoms with Gasteiger partial charge in [-0.15, -0.1) is 0 Å². The molecule has 0 fully saturated rings. The summed E-state index contributed by atoms with van der Waals surface area (Å²) in [7, 11) is 1.63. The van der Waals surface area contributed by atoms with Crippen LogP contribution in [0.25, 0.3) is 5.69 Å². The molecule has 2 aromatic carbocycles. The van der Waals surface area contributed by atoms with Crippen molar-refractivity contribution < 1.29 is 14.6 Å². The normalized spacial score (nSPS) is 11.0. The minimum absolute atomic E-state index is 0.142. The van der Waals surface area contributed by atoms with Crippen molar-refractivity contribution in [3.05, 3.63) is 76.6 Å². The van der Waals surface area contributed by atoms with Crippen molar-refractivity contribution in [3.8, 4) is 11.4 Å². The molecule has 26 heavy (non-hydrogen) atoms. The van der Waals surface area contributed by atoms with Gasteiger partial charge in [0.1, 0.15) is 5.75 Å². The van der Waals surface area contributed by atoms with Crippen molar-refractivity contribution in [3.63, 3.8) is 0 Å². The van der Waals surface area contributed by atoms with E-state index in [2.05, 4.69) is 4.99 Å². The Kier molecular flexibility index (Phi) is 5.09. The van der Waals surface area contributed by atoms with Gasteiger partial charge in [-0.2, -0.15) is 0 Å². The number of methoxy groups -OCH3 is 1. The predicted octanol–water partition coefficient (Wildman–Crippen LogP) is 4.90. The smallest absolute Gasteiger partial charge is 0.335 e. The Morgan fingerprint density at radius 2 is 1.88 bits per heavy atom. The third-order valence-electron chi connectivity index (χ3n) is 3.97. The molecule has 0 atom stereocenters. The van der Waals surface area contributed by atoms with Crippen molar-refractivity contribution in [2.45, 2.75) is 6.92 Å². The molecule has 6 heteroatoms. The van der Waals surface area contributed by atoms with Crippen molar-refractivity contribution >= 4 is 29.5 Å². The topological polar surface area (TPSA) is 63.8 Å². The maximum absolute atomic E-state index is 11.1. The van der Waals surface area contributed by atoms with Gasteiger partial charge in [0, 0.05) is 11.4 Å². The minimum Gasteiger partial charge on any atom is -0.497 e. The van der Waals surface area contributed by atoms with E-state index in [9.17, 15) is 4.79 Å². The van der Waals surface area contributed by atoms with Gasteiger partial charge in [-0.3, -0.25) is 4.99 Å². The number of aromatic carboxylic acids is 1. The summed E-state index contributed by atoms with van der Waals surface area (Å²) >= 11 is 6.14. The number of nitrogens with zero attached hydrogens (tertiary/aromatic N) is 2. The van der Waals surface area contributed by atoms with Crippen LogP contribution in [0.15, 0.2) is 59.6 Å². The van der Waals surface area contributed by atoms with Gasteiger partial charge in [0.2, 0.25) is 0 Å². The highest BCUT2D eigenvalue weighted by Gasteiger charge is 2.08. The van der Waals surface area contributed by atoms with Gasteiger partial charge in [-0.05, 0) is 61.5 Å². The van der Waals surface area contributed by atoms with Crippen LogP contribution in [0.5, 0.6) is 5.75 Å². The van der Waals surface area contributed by atoms with Gasteiger partial charge in [0.25, 0.3) is 0 Å². The minimum atomic E-state index is -1.02. The van der Waals surface area contributed by atoms with Gasteiger partial charge in [0.15, 0.2) is 0 Å². The molecular weight excluding hydrogens is 352 g/mol. The Labute approximate surface area is 156 Å². The molecule has 0 amide bonds. The van der Waals surface area contributed by atoms with Crippen LogP contribution in [0.2, 0.25) is 5.02 Å². The number of aromatic nitrogens is 1. The molecule has 0 bridgehead atoms. The fraction of sp³-hybridized carbons (Fsp3) is 0.100. The molecule has 1 heterocycles. The molecule has 0 saturated heterocycles. The Hall–Kier alpha value is -3.05. The molecule has 5 nitrogen and oxygen atoms in total. The molecule has 0 aliphatic heterocycles. The van der Waals surface area contributed by atoms with E-state index in [1.807, 2.05) is 47.9 Å². The second-order valence-electron chi connectivity index (χ2n) is 5.66. The first-order valence-electron chi connectivity index (χ1n) is 7.89. The number of halogens is 1. The average Bonchev–Trinajstić information content (AvgIpc) is 3.01. The Morgan fingerprint density at radius 1 is 1.15 bits per heavy atom. The number of aryl methyl sites for hydroxylation is 1. The Bertz CT molecular complexity index is 975. The standard InChI is InChI=1S/C20H17ClN2O3/c1-13-3-5-16(23(13)15-6-8-17(26-2)9-7-15)12-22-19-11-14(20(24)25)4-10-18(19)21/h3-12H,1-2H3,(H,24,25). The second kappa shape index (κ2) is 7.45. The molecule has 3 aromatic rings. The predicted molar refractivity (Wildman–Crippen MR) is 103 cm³/mol. The summed E-state index contributed by atoms with van der Waals surface area (Å²) in [6.07, 6.45) is 1.67. The summed E-state index contributed by atoms with van der Waals surface area (Å²) in [4.78, 5) is 15.5. The van der Waals surface area contributed by atoms with E-state index in [1.54, 1.807) is 13.3 Å². The van der Waals surface area contributed by atoms with E-state index in [0.717, 1.165) is 22.8 Å². The zero-order chi connectivity index (χ0) is 18.7. The van der Waals surface area contributed by atoms with Crippen LogP contribution in [0.1, 0.15) is 21.7 Å². The maximum atomic E-state index is 11.1. The molecule has 1 aromatic heterocycles. The number of hydrogen-bond acceptors (Lipinski definition) is 3. The monoisotopic (exact) mass is 368 g/mol. The molecule has 0 unspecified atom stereocenters. The number of carboxylic acids is 1. The van der Waals surface area contributed by atoms with E-state index in [1.165, 1.54) is 18.2 Å². The summed E-state index contributed by atoms with van der Waals surface area (Å²) < 4.78 is 7.24. The quantitative estimate of drug-likeness (QED) is 0.651. The van der Waals surface area contributed by atoms with Gasteiger partial charge in [-0.1, -0.05) is 11.6 Å². The first-order chi connectivity index (χ1) is 12.5. The fourth-order valence-electron chi connectivity index (χ4n) is 2.62. The first kappa shape index (κ1) is 17.8. The fourth-order valence-corrected chi connectivity index (χ4v) is 2.79. The lowest BCUT2D eigenvalue weighted by Gasteiger charge is -2.10. The molecule has 0 aliphatic rings. The van der Waals surface area contributed by atoms with Crippen LogP contribution in [0.3, 0.4) is 0 Å². The number of benzene rings is 2. The zero-order valence-electron chi connectivity index (χ0n) is 14.3. The summed E-state index contributed by atoms with van der Waals surface area (Å²) in [6, 6.07) is 16.1. The highest BCUT2D eigenvalue weighted by molar-refractivity contribution is 6.33. The Balaban J connectivity index is 1.97. The lowest BCUT2D eigenvalue weighted by atomic mass is 10.2. The van der Waals surface area contributed by atoms with Gasteiger partial charge in [-0.25, -0.2) is 4.79 Å². The third-order valence-corrected chi connectivity index (χ3v) is 4.29. The van der Waals surface area contributed by atoms with E-state index < -0.39 is 5.97 Å². The number of hydrogen-bond donors (Lipinski definition) is 1. The maximum Gasteiger partial charge on any atom is 0.335 e. The molecule has 0 radical (unpaired) electrons. The molecular formula is C20H17ClN2O3. The number of carbonyl (C=O) groups is 1. The van der Waals surface area contributed by atoms with Gasteiger partial charge < -0.3 is 14.4 Å². The molecule has 3 rings (SSSR count). The first-order valence-corrected chi connectivity index (χ1v) is 8.27. The largest absolute Gasteiger partial charge is 0.497 e. The highest BCUT2D eigenvalue weighted by Crippen LogP contribution is 2.26. The van der Waals surface area contributed by atoms with Crippen molar-refractivity contribution in [2.75, 3.05) is 7.11 Å².